The number of alkyl halides is 3. The molecular weight excluding hydrogens is 283 g/mol. The highest BCUT2D eigenvalue weighted by molar-refractivity contribution is 5.40. The third kappa shape index (κ3) is 4.57. The predicted octanol–water partition coefficient (Wildman–Crippen LogP) is 1.99. The lowest BCUT2D eigenvalue weighted by Gasteiger charge is -2.37. The van der Waals surface area contributed by atoms with Gasteiger partial charge in [-0.2, -0.15) is 13.2 Å². The smallest absolute Gasteiger partial charge is 0.389 e. The summed E-state index contributed by atoms with van der Waals surface area (Å²) in [6.45, 7) is 6.64. The van der Waals surface area contributed by atoms with E-state index in [1.165, 1.54) is 6.07 Å². The van der Waals surface area contributed by atoms with Crippen LogP contribution in [0.5, 0.6) is 0 Å². The van der Waals surface area contributed by atoms with Gasteiger partial charge in [0.15, 0.2) is 0 Å². The topological polar surface area (TPSA) is 39.6 Å². The molecule has 0 aromatic carbocycles. The van der Waals surface area contributed by atoms with E-state index in [1.807, 2.05) is 4.90 Å². The van der Waals surface area contributed by atoms with Gasteiger partial charge < -0.3 is 10.0 Å². The van der Waals surface area contributed by atoms with E-state index in [2.05, 4.69) is 9.88 Å². The Morgan fingerprint density at radius 2 is 1.76 bits per heavy atom. The van der Waals surface area contributed by atoms with E-state index < -0.39 is 17.5 Å². The van der Waals surface area contributed by atoms with E-state index in [9.17, 15) is 18.3 Å². The Hall–Kier alpha value is -1.34. The Morgan fingerprint density at radius 3 is 2.29 bits per heavy atom. The lowest BCUT2D eigenvalue weighted by molar-refractivity contribution is -0.141. The highest BCUT2D eigenvalue weighted by Gasteiger charge is 2.33. The summed E-state index contributed by atoms with van der Waals surface area (Å²) in [5.74, 6) is 0.354. The minimum Gasteiger partial charge on any atom is -0.389 e. The van der Waals surface area contributed by atoms with Crippen LogP contribution in [0.3, 0.4) is 0 Å². The van der Waals surface area contributed by atoms with E-state index in [-0.39, 0.29) is 0 Å². The molecule has 0 unspecified atom stereocenters. The minimum atomic E-state index is -4.42. The molecule has 1 aliphatic heterocycles. The summed E-state index contributed by atoms with van der Waals surface area (Å²) < 4.78 is 38.0. The Kier molecular flexibility index (Phi) is 4.43. The molecule has 7 heteroatoms. The molecule has 1 N–H and O–H groups in total. The number of piperazine rings is 1. The van der Waals surface area contributed by atoms with Crippen molar-refractivity contribution in [2.24, 2.45) is 0 Å². The largest absolute Gasteiger partial charge is 0.433 e. The molecule has 1 fully saturated rings. The second kappa shape index (κ2) is 5.81. The molecule has 118 valence electrons. The molecular formula is C14H20F3N3O. The van der Waals surface area contributed by atoms with Gasteiger partial charge in [-0.05, 0) is 26.0 Å². The van der Waals surface area contributed by atoms with Crippen molar-refractivity contribution in [3.05, 3.63) is 23.9 Å². The maximum absolute atomic E-state index is 12.7. The number of aromatic nitrogens is 1. The van der Waals surface area contributed by atoms with Crippen LogP contribution in [0, 0.1) is 0 Å². The van der Waals surface area contributed by atoms with Crippen molar-refractivity contribution in [2.45, 2.75) is 25.6 Å². The van der Waals surface area contributed by atoms with Crippen molar-refractivity contribution in [2.75, 3.05) is 37.6 Å². The van der Waals surface area contributed by atoms with E-state index >= 15 is 0 Å². The first-order chi connectivity index (χ1) is 9.65. The number of β-amino-alcohol motifs (C(OH)–C–C–N with tert-alkyl or cyclic N) is 1. The number of hydrogen-bond acceptors (Lipinski definition) is 4. The van der Waals surface area contributed by atoms with Crippen molar-refractivity contribution in [3.8, 4) is 0 Å². The molecule has 21 heavy (non-hydrogen) atoms. The molecule has 0 spiro atoms. The number of pyridine rings is 1. The molecule has 1 aromatic rings. The van der Waals surface area contributed by atoms with Crippen LogP contribution in [-0.2, 0) is 6.18 Å². The highest BCUT2D eigenvalue weighted by Crippen LogP contribution is 2.29. The summed E-state index contributed by atoms with van der Waals surface area (Å²) in [6, 6.07) is 3.96. The van der Waals surface area contributed by atoms with Gasteiger partial charge in [0.25, 0.3) is 0 Å². The summed E-state index contributed by atoms with van der Waals surface area (Å²) in [5, 5.41) is 9.79. The number of rotatable bonds is 3. The van der Waals surface area contributed by atoms with Gasteiger partial charge in [0, 0.05) is 32.7 Å². The standard InChI is InChI=1S/C14H20F3N3O/c1-13(2,21)10-19-6-8-20(9-7-19)12-5-3-4-11(18-12)14(15,16)17/h3-5,21H,6-10H2,1-2H3. The Labute approximate surface area is 122 Å². The fraction of sp³-hybridized carbons (Fsp3) is 0.643. The van der Waals surface area contributed by atoms with Crippen molar-refractivity contribution in [3.63, 3.8) is 0 Å². The lowest BCUT2D eigenvalue weighted by atomic mass is 10.1. The number of anilines is 1. The second-order valence-corrected chi connectivity index (χ2v) is 5.95. The van der Waals surface area contributed by atoms with Crippen LogP contribution in [0.1, 0.15) is 19.5 Å². The SMILES string of the molecule is CC(C)(O)CN1CCN(c2cccc(C(F)(F)F)n2)CC1. The van der Waals surface area contributed by atoms with Crippen LogP contribution in [0.4, 0.5) is 19.0 Å². The van der Waals surface area contributed by atoms with Crippen molar-refractivity contribution < 1.29 is 18.3 Å². The summed E-state index contributed by atoms with van der Waals surface area (Å²) in [6.07, 6.45) is -4.42. The Balaban J connectivity index is 1.99. The van der Waals surface area contributed by atoms with Crippen LogP contribution in [0.25, 0.3) is 0 Å². The fourth-order valence-electron chi connectivity index (χ4n) is 2.44. The van der Waals surface area contributed by atoms with Gasteiger partial charge in [0.05, 0.1) is 5.60 Å². The van der Waals surface area contributed by atoms with Gasteiger partial charge >= 0.3 is 6.18 Å². The quantitative estimate of drug-likeness (QED) is 0.927. The summed E-state index contributed by atoms with van der Waals surface area (Å²) in [7, 11) is 0. The van der Waals surface area contributed by atoms with Crippen LogP contribution < -0.4 is 4.90 Å². The highest BCUT2D eigenvalue weighted by atomic mass is 19.4. The number of aliphatic hydroxyl groups is 1. The third-order valence-electron chi connectivity index (χ3n) is 3.33. The monoisotopic (exact) mass is 303 g/mol. The maximum atomic E-state index is 12.7. The predicted molar refractivity (Wildman–Crippen MR) is 74.2 cm³/mol. The van der Waals surface area contributed by atoms with E-state index in [0.29, 0.717) is 38.5 Å². The first-order valence-corrected chi connectivity index (χ1v) is 6.89. The normalized spacial score (nSPS) is 18.1. The first-order valence-electron chi connectivity index (χ1n) is 6.89. The minimum absolute atomic E-state index is 0.354. The Morgan fingerprint density at radius 1 is 1.14 bits per heavy atom. The summed E-state index contributed by atoms with van der Waals surface area (Å²) in [5.41, 5.74) is -1.63. The molecule has 4 nitrogen and oxygen atoms in total. The number of hydrogen-bond donors (Lipinski definition) is 1. The maximum Gasteiger partial charge on any atom is 0.433 e. The van der Waals surface area contributed by atoms with Gasteiger partial charge in [-0.25, -0.2) is 4.98 Å². The zero-order valence-electron chi connectivity index (χ0n) is 12.2. The van der Waals surface area contributed by atoms with Gasteiger partial charge in [-0.15, -0.1) is 0 Å². The molecule has 0 atom stereocenters. The zero-order chi connectivity index (χ0) is 15.7. The summed E-state index contributed by atoms with van der Waals surface area (Å²) in [4.78, 5) is 7.64. The molecule has 2 heterocycles. The fourth-order valence-corrected chi connectivity index (χ4v) is 2.44. The molecule has 1 aromatic heterocycles. The zero-order valence-corrected chi connectivity index (χ0v) is 12.2. The van der Waals surface area contributed by atoms with Gasteiger partial charge in [0.2, 0.25) is 0 Å². The number of halogens is 3. The van der Waals surface area contributed by atoms with Crippen molar-refractivity contribution in [1.82, 2.24) is 9.88 Å². The van der Waals surface area contributed by atoms with Crippen LogP contribution in [-0.4, -0.2) is 53.3 Å². The van der Waals surface area contributed by atoms with Gasteiger partial charge in [0.1, 0.15) is 11.5 Å². The molecule has 1 saturated heterocycles. The molecule has 0 aliphatic carbocycles. The van der Waals surface area contributed by atoms with Crippen molar-refractivity contribution in [1.29, 1.82) is 0 Å². The number of nitrogens with zero attached hydrogens (tertiary/aromatic N) is 3. The lowest BCUT2D eigenvalue weighted by Crippen LogP contribution is -2.50. The molecule has 0 saturated carbocycles. The molecule has 0 amide bonds. The van der Waals surface area contributed by atoms with E-state index in [1.54, 1.807) is 19.9 Å². The van der Waals surface area contributed by atoms with Crippen LogP contribution in [0.15, 0.2) is 18.2 Å². The molecule has 1 aliphatic rings. The van der Waals surface area contributed by atoms with E-state index in [0.717, 1.165) is 6.07 Å². The second-order valence-electron chi connectivity index (χ2n) is 5.95. The van der Waals surface area contributed by atoms with Crippen LogP contribution >= 0.6 is 0 Å². The Bertz CT molecular complexity index is 477. The molecule has 0 radical (unpaired) electrons. The average Bonchev–Trinajstić information content (AvgIpc) is 2.37. The van der Waals surface area contributed by atoms with Crippen LogP contribution in [0.2, 0.25) is 0 Å². The summed E-state index contributed by atoms with van der Waals surface area (Å²) >= 11 is 0. The first kappa shape index (κ1) is 16.0. The molecule has 0 bridgehead atoms. The van der Waals surface area contributed by atoms with Crippen molar-refractivity contribution >= 4 is 5.82 Å². The average molecular weight is 303 g/mol. The molecule has 2 rings (SSSR count). The van der Waals surface area contributed by atoms with Gasteiger partial charge in [-0.3, -0.25) is 4.90 Å². The van der Waals surface area contributed by atoms with Gasteiger partial charge in [-0.1, -0.05) is 6.07 Å². The third-order valence-corrected chi connectivity index (χ3v) is 3.33. The van der Waals surface area contributed by atoms with E-state index in [4.69, 9.17) is 0 Å².